The van der Waals surface area contributed by atoms with E-state index in [0.717, 1.165) is 31.1 Å². The third kappa shape index (κ3) is 3.70. The van der Waals surface area contributed by atoms with E-state index >= 15 is 0 Å². The summed E-state index contributed by atoms with van der Waals surface area (Å²) in [5.74, 6) is -0.725. The molecule has 0 radical (unpaired) electrons. The molecule has 1 aliphatic heterocycles. The van der Waals surface area contributed by atoms with Gasteiger partial charge in [-0.3, -0.25) is 0 Å². The first kappa shape index (κ1) is 25.9. The number of quaternary nitrogens is 1. The van der Waals surface area contributed by atoms with Crippen LogP contribution in [0.4, 0.5) is 0 Å². The van der Waals surface area contributed by atoms with Crippen LogP contribution in [0.1, 0.15) is 64.7 Å². The lowest BCUT2D eigenvalue weighted by Crippen LogP contribution is -2.69. The predicted octanol–water partition coefficient (Wildman–Crippen LogP) is 2.16. The molecule has 4 fully saturated rings. The number of fused-ring (bicyclic) bond motifs is 5. The Labute approximate surface area is 213 Å². The number of carbonyl (C=O) groups excluding carboxylic acids is 3. The van der Waals surface area contributed by atoms with Crippen LogP contribution in [-0.4, -0.2) is 84.5 Å². The van der Waals surface area contributed by atoms with Crippen LogP contribution in [0.25, 0.3) is 0 Å². The maximum Gasteiger partial charge on any atom is 0.362 e. The molecule has 2 N–H and O–H groups in total. The molecule has 0 spiro atoms. The number of hydrogen-bond acceptors (Lipinski definition) is 7. The molecule has 0 unspecified atom stereocenters. The van der Waals surface area contributed by atoms with Gasteiger partial charge in [0.05, 0.1) is 37.8 Å². The Hall–Kier alpha value is -1.77. The molecule has 0 saturated heterocycles. The molecule has 8 atom stereocenters. The van der Waals surface area contributed by atoms with Crippen molar-refractivity contribution in [1.29, 1.82) is 0 Å². The lowest BCUT2D eigenvalue weighted by molar-refractivity contribution is -0.862. The Kier molecular flexibility index (Phi) is 6.01. The molecule has 8 nitrogen and oxygen atoms in total. The second-order valence-corrected chi connectivity index (χ2v) is 13.5. The summed E-state index contributed by atoms with van der Waals surface area (Å²) in [7, 11) is 5.78. The maximum atomic E-state index is 12.9. The standard InChI is InChI=1S/C28H42NO7/c1-25-9-6-21-22(28(25,34)12-8-20(25)18-13-23(31)35-16-18)7-11-27(33)14-19(5-10-26(21,27)17-30)36-24(32)15-29(2,3)4/h13,17,19-22,33-34H,5-12,14-16H2,1-4H3/q+1/t19-,20+,21+,22-,25+,26+,27-,28-/m0/s1. The molecule has 0 aromatic carbocycles. The number of hydrogen-bond donors (Lipinski definition) is 2. The van der Waals surface area contributed by atoms with Gasteiger partial charge in [0.2, 0.25) is 0 Å². The largest absolute Gasteiger partial charge is 0.458 e. The van der Waals surface area contributed by atoms with Crippen molar-refractivity contribution < 1.29 is 38.6 Å². The molecule has 0 amide bonds. The average molecular weight is 505 g/mol. The normalized spacial score (nSPS) is 46.2. The van der Waals surface area contributed by atoms with Gasteiger partial charge in [0, 0.05) is 17.9 Å². The van der Waals surface area contributed by atoms with Crippen LogP contribution in [0.3, 0.4) is 0 Å². The van der Waals surface area contributed by atoms with Crippen molar-refractivity contribution in [3.63, 3.8) is 0 Å². The summed E-state index contributed by atoms with van der Waals surface area (Å²) in [5, 5.41) is 24.3. The Balaban J connectivity index is 1.38. The number of likely N-dealkylation sites (N-methyl/N-ethyl adjacent to an activating group) is 1. The average Bonchev–Trinajstić information content (AvgIpc) is 3.31. The number of ether oxygens (including phenoxy) is 2. The van der Waals surface area contributed by atoms with E-state index in [0.29, 0.717) is 43.2 Å². The fourth-order valence-corrected chi connectivity index (χ4v) is 9.03. The van der Waals surface area contributed by atoms with Gasteiger partial charge < -0.3 is 29.0 Å². The van der Waals surface area contributed by atoms with Crippen LogP contribution in [0, 0.1) is 28.6 Å². The third-order valence-electron chi connectivity index (χ3n) is 10.7. The summed E-state index contributed by atoms with van der Waals surface area (Å²) >= 11 is 0. The Morgan fingerprint density at radius 2 is 1.83 bits per heavy atom. The number of aldehydes is 1. The van der Waals surface area contributed by atoms with E-state index < -0.39 is 28.1 Å². The highest BCUT2D eigenvalue weighted by Crippen LogP contribution is 2.70. The van der Waals surface area contributed by atoms with Crippen molar-refractivity contribution in [1.82, 2.24) is 0 Å². The predicted molar refractivity (Wildman–Crippen MR) is 130 cm³/mol. The number of aliphatic hydroxyl groups is 2. The van der Waals surface area contributed by atoms with E-state index in [1.807, 2.05) is 21.1 Å². The van der Waals surface area contributed by atoms with Crippen LogP contribution < -0.4 is 0 Å². The molecule has 36 heavy (non-hydrogen) atoms. The molecule has 4 aliphatic carbocycles. The van der Waals surface area contributed by atoms with Gasteiger partial charge in [0.1, 0.15) is 19.0 Å². The fraction of sp³-hybridized carbons (Fsp3) is 0.821. The second-order valence-electron chi connectivity index (χ2n) is 13.5. The van der Waals surface area contributed by atoms with E-state index in [9.17, 15) is 24.6 Å². The van der Waals surface area contributed by atoms with Gasteiger partial charge >= 0.3 is 11.9 Å². The van der Waals surface area contributed by atoms with Crippen LogP contribution in [0.15, 0.2) is 11.6 Å². The summed E-state index contributed by atoms with van der Waals surface area (Å²) in [6, 6.07) is 0. The lowest BCUT2D eigenvalue weighted by Gasteiger charge is -2.65. The van der Waals surface area contributed by atoms with E-state index in [-0.39, 0.29) is 42.7 Å². The number of cyclic esters (lactones) is 1. The molecule has 200 valence electrons. The molecule has 5 aliphatic rings. The molecule has 4 saturated carbocycles. The van der Waals surface area contributed by atoms with Crippen molar-refractivity contribution >= 4 is 18.2 Å². The lowest BCUT2D eigenvalue weighted by atomic mass is 9.41. The van der Waals surface area contributed by atoms with Crippen LogP contribution in [-0.2, 0) is 23.9 Å². The smallest absolute Gasteiger partial charge is 0.362 e. The van der Waals surface area contributed by atoms with Crippen molar-refractivity contribution in [3.05, 3.63) is 11.6 Å². The summed E-state index contributed by atoms with van der Waals surface area (Å²) in [6.45, 7) is 2.69. The monoisotopic (exact) mass is 504 g/mol. The highest BCUT2D eigenvalue weighted by molar-refractivity contribution is 5.85. The van der Waals surface area contributed by atoms with Crippen LogP contribution in [0.2, 0.25) is 0 Å². The zero-order chi connectivity index (χ0) is 26.1. The van der Waals surface area contributed by atoms with Gasteiger partial charge in [0.25, 0.3) is 0 Å². The van der Waals surface area contributed by atoms with Gasteiger partial charge in [-0.2, -0.15) is 0 Å². The van der Waals surface area contributed by atoms with Gasteiger partial charge in [0.15, 0.2) is 6.54 Å². The molecule has 0 aromatic heterocycles. The van der Waals surface area contributed by atoms with Gasteiger partial charge in [-0.25, -0.2) is 9.59 Å². The SMILES string of the molecule is C[C@]12CC[C@@H]3[C@H](CC[C@]4(O)C[C@@H](OC(=O)C[N+](C)(C)C)CC[C@@]34C=O)[C@@]1(O)CC[C@@H]2C1=CC(=O)OC1. The van der Waals surface area contributed by atoms with E-state index in [2.05, 4.69) is 6.92 Å². The van der Waals surface area contributed by atoms with E-state index in [1.165, 1.54) is 0 Å². The number of esters is 2. The minimum absolute atomic E-state index is 0.0826. The summed E-state index contributed by atoms with van der Waals surface area (Å²) in [5.41, 5.74) is -2.57. The quantitative estimate of drug-likeness (QED) is 0.335. The fourth-order valence-electron chi connectivity index (χ4n) is 9.03. The minimum Gasteiger partial charge on any atom is -0.458 e. The van der Waals surface area contributed by atoms with Crippen molar-refractivity contribution in [2.45, 2.75) is 82.0 Å². The van der Waals surface area contributed by atoms with Crippen molar-refractivity contribution in [2.24, 2.45) is 28.6 Å². The van der Waals surface area contributed by atoms with Gasteiger partial charge in [-0.05, 0) is 74.7 Å². The minimum atomic E-state index is -1.24. The zero-order valence-corrected chi connectivity index (χ0v) is 22.1. The van der Waals surface area contributed by atoms with Crippen molar-refractivity contribution in [2.75, 3.05) is 34.3 Å². The Morgan fingerprint density at radius 1 is 1.11 bits per heavy atom. The second kappa shape index (κ2) is 8.37. The number of nitrogens with zero attached hydrogens (tertiary/aromatic N) is 1. The van der Waals surface area contributed by atoms with Crippen molar-refractivity contribution in [3.8, 4) is 0 Å². The van der Waals surface area contributed by atoms with Gasteiger partial charge in [-0.1, -0.05) is 6.92 Å². The van der Waals surface area contributed by atoms with Gasteiger partial charge in [-0.15, -0.1) is 0 Å². The summed E-state index contributed by atoms with van der Waals surface area (Å²) in [4.78, 5) is 37.1. The first-order chi connectivity index (χ1) is 16.8. The highest BCUT2D eigenvalue weighted by Gasteiger charge is 2.71. The van der Waals surface area contributed by atoms with E-state index in [1.54, 1.807) is 6.08 Å². The molecular weight excluding hydrogens is 462 g/mol. The molecule has 1 heterocycles. The van der Waals surface area contributed by atoms with Crippen LogP contribution >= 0.6 is 0 Å². The summed E-state index contributed by atoms with van der Waals surface area (Å²) < 4.78 is 11.4. The Morgan fingerprint density at radius 3 is 2.47 bits per heavy atom. The van der Waals surface area contributed by atoms with E-state index in [4.69, 9.17) is 9.47 Å². The molecule has 0 bridgehead atoms. The first-order valence-electron chi connectivity index (χ1n) is 13.6. The third-order valence-corrected chi connectivity index (χ3v) is 10.7. The summed E-state index contributed by atoms with van der Waals surface area (Å²) in [6.07, 6.45) is 7.36. The first-order valence-corrected chi connectivity index (χ1v) is 13.6. The zero-order valence-electron chi connectivity index (χ0n) is 22.1. The molecular formula is C28H42NO7+. The molecule has 5 rings (SSSR count). The van der Waals surface area contributed by atoms with Crippen LogP contribution in [0.5, 0.6) is 0 Å². The maximum absolute atomic E-state index is 12.9. The Bertz CT molecular complexity index is 987. The molecule has 0 aromatic rings. The topological polar surface area (TPSA) is 110 Å². The molecule has 8 heteroatoms. The number of rotatable bonds is 5. The highest BCUT2D eigenvalue weighted by atomic mass is 16.5. The number of carbonyl (C=O) groups is 3.